The smallest absolute Gasteiger partial charge is 0.340 e. The lowest BCUT2D eigenvalue weighted by Gasteiger charge is -2.12. The van der Waals surface area contributed by atoms with Crippen LogP contribution in [0.3, 0.4) is 0 Å². The molecule has 0 atom stereocenters. The van der Waals surface area contributed by atoms with Gasteiger partial charge in [0.25, 0.3) is 5.91 Å². The van der Waals surface area contributed by atoms with Crippen LogP contribution < -0.4 is 10.1 Å². The number of hydrogen-bond donors (Lipinski definition) is 1. The van der Waals surface area contributed by atoms with Gasteiger partial charge in [-0.2, -0.15) is 0 Å². The lowest BCUT2D eigenvalue weighted by molar-refractivity contribution is -0.118. The van der Waals surface area contributed by atoms with Crippen molar-refractivity contribution in [2.24, 2.45) is 0 Å². The normalized spacial score (nSPS) is 10.2. The summed E-state index contributed by atoms with van der Waals surface area (Å²) in [6, 6.07) is 10.4. The van der Waals surface area contributed by atoms with E-state index in [1.54, 1.807) is 31.2 Å². The van der Waals surface area contributed by atoms with Crippen molar-refractivity contribution in [1.82, 2.24) is 0 Å². The lowest BCUT2D eigenvalue weighted by Crippen LogP contribution is -2.22. The maximum Gasteiger partial charge on any atom is 0.340 e. The number of ether oxygens (including phenoxy) is 2. The number of anilines is 1. The van der Waals surface area contributed by atoms with Crippen molar-refractivity contribution in [3.8, 4) is 5.75 Å². The molecule has 0 heterocycles. The molecule has 2 aromatic rings. The summed E-state index contributed by atoms with van der Waals surface area (Å²) in [6.07, 6.45) is 0. The van der Waals surface area contributed by atoms with Crippen molar-refractivity contribution in [3.63, 3.8) is 0 Å². The number of carbonyl (C=O) groups is 2. The minimum absolute atomic E-state index is 0.155. The highest BCUT2D eigenvalue weighted by Crippen LogP contribution is 2.26. The van der Waals surface area contributed by atoms with Crippen molar-refractivity contribution in [3.05, 3.63) is 57.6 Å². The third kappa shape index (κ3) is 5.06. The predicted octanol–water partition coefficient (Wildman–Crippen LogP) is 4.26. The molecule has 0 fully saturated rings. The molecule has 0 saturated carbocycles. The third-order valence-electron chi connectivity index (χ3n) is 3.48. The van der Waals surface area contributed by atoms with Crippen LogP contribution in [0.4, 0.5) is 5.69 Å². The van der Waals surface area contributed by atoms with Gasteiger partial charge >= 0.3 is 5.97 Å². The van der Waals surface area contributed by atoms with Gasteiger partial charge in [0.2, 0.25) is 0 Å². The molecule has 0 aromatic heterocycles. The Bertz CT molecular complexity index is 766. The van der Waals surface area contributed by atoms with Gasteiger partial charge in [-0.15, -0.1) is 0 Å². The van der Waals surface area contributed by atoms with E-state index in [-0.39, 0.29) is 19.1 Å². The second-order valence-corrected chi connectivity index (χ2v) is 6.27. The summed E-state index contributed by atoms with van der Waals surface area (Å²) in [5.74, 6) is -0.208. The largest absolute Gasteiger partial charge is 0.484 e. The number of esters is 1. The molecular formula is C19H20BrNO4. The molecule has 0 aliphatic carbocycles. The van der Waals surface area contributed by atoms with E-state index in [2.05, 4.69) is 21.2 Å². The zero-order chi connectivity index (χ0) is 18.4. The molecule has 0 bridgehead atoms. The second kappa shape index (κ2) is 8.67. The van der Waals surface area contributed by atoms with Gasteiger partial charge in [-0.3, -0.25) is 4.79 Å². The summed E-state index contributed by atoms with van der Waals surface area (Å²) < 4.78 is 11.6. The van der Waals surface area contributed by atoms with E-state index in [1.807, 2.05) is 26.0 Å². The molecular weight excluding hydrogens is 386 g/mol. The summed E-state index contributed by atoms with van der Waals surface area (Å²) in [7, 11) is 0. The first-order chi connectivity index (χ1) is 11.9. The second-order valence-electron chi connectivity index (χ2n) is 5.47. The van der Waals surface area contributed by atoms with E-state index in [0.29, 0.717) is 17.0 Å². The van der Waals surface area contributed by atoms with Crippen molar-refractivity contribution >= 4 is 33.5 Å². The molecule has 132 valence electrons. The first-order valence-corrected chi connectivity index (χ1v) is 8.67. The van der Waals surface area contributed by atoms with Gasteiger partial charge in [0.1, 0.15) is 5.75 Å². The number of para-hydroxylation sites is 1. The molecule has 0 spiro atoms. The van der Waals surface area contributed by atoms with Gasteiger partial charge in [0, 0.05) is 4.47 Å². The molecule has 6 heteroatoms. The van der Waals surface area contributed by atoms with E-state index in [0.717, 1.165) is 15.6 Å². The zero-order valence-electron chi connectivity index (χ0n) is 14.4. The predicted molar refractivity (Wildman–Crippen MR) is 100 cm³/mol. The molecule has 2 rings (SSSR count). The molecule has 1 N–H and O–H groups in total. The van der Waals surface area contributed by atoms with E-state index in [9.17, 15) is 9.59 Å². The van der Waals surface area contributed by atoms with Gasteiger partial charge in [0.05, 0.1) is 17.9 Å². The molecule has 1 amide bonds. The summed E-state index contributed by atoms with van der Waals surface area (Å²) >= 11 is 3.49. The molecule has 0 saturated heterocycles. The van der Waals surface area contributed by atoms with Crippen molar-refractivity contribution in [2.75, 3.05) is 18.5 Å². The van der Waals surface area contributed by atoms with Crippen LogP contribution in [0.1, 0.15) is 28.4 Å². The number of amides is 1. The fraction of sp³-hybridized carbons (Fsp3) is 0.263. The van der Waals surface area contributed by atoms with Gasteiger partial charge in [-0.05, 0) is 56.2 Å². The van der Waals surface area contributed by atoms with E-state index >= 15 is 0 Å². The molecule has 0 unspecified atom stereocenters. The Balaban J connectivity index is 2.03. The number of hydrogen-bond acceptors (Lipinski definition) is 4. The first-order valence-electron chi connectivity index (χ1n) is 7.88. The Kier molecular flexibility index (Phi) is 6.58. The van der Waals surface area contributed by atoms with Crippen LogP contribution in [0.2, 0.25) is 0 Å². The molecule has 0 aliphatic rings. The Hall–Kier alpha value is -2.34. The van der Waals surface area contributed by atoms with Crippen molar-refractivity contribution < 1.29 is 19.1 Å². The van der Waals surface area contributed by atoms with Crippen LogP contribution in [-0.2, 0) is 9.53 Å². The highest BCUT2D eigenvalue weighted by atomic mass is 79.9. The number of aryl methyl sites for hydroxylation is 2. The lowest BCUT2D eigenvalue weighted by atomic mass is 10.1. The molecule has 2 aromatic carbocycles. The average Bonchev–Trinajstić information content (AvgIpc) is 2.58. The first kappa shape index (κ1) is 19.0. The zero-order valence-corrected chi connectivity index (χ0v) is 16.0. The van der Waals surface area contributed by atoms with E-state index in [1.165, 1.54) is 0 Å². The number of nitrogens with one attached hydrogen (secondary N) is 1. The third-order valence-corrected chi connectivity index (χ3v) is 4.73. The highest BCUT2D eigenvalue weighted by molar-refractivity contribution is 9.10. The highest BCUT2D eigenvalue weighted by Gasteiger charge is 2.14. The fourth-order valence-corrected chi connectivity index (χ4v) is 2.53. The number of halogens is 1. The van der Waals surface area contributed by atoms with Gasteiger partial charge < -0.3 is 14.8 Å². The summed E-state index contributed by atoms with van der Waals surface area (Å²) in [4.78, 5) is 24.1. The van der Waals surface area contributed by atoms with Crippen LogP contribution in [0.15, 0.2) is 40.9 Å². The minimum atomic E-state index is -0.474. The minimum Gasteiger partial charge on any atom is -0.484 e. The monoisotopic (exact) mass is 405 g/mol. The van der Waals surface area contributed by atoms with Crippen LogP contribution in [0.5, 0.6) is 5.75 Å². The van der Waals surface area contributed by atoms with Crippen molar-refractivity contribution in [1.29, 1.82) is 0 Å². The maximum absolute atomic E-state index is 12.2. The topological polar surface area (TPSA) is 64.6 Å². The van der Waals surface area contributed by atoms with Gasteiger partial charge in [-0.25, -0.2) is 4.79 Å². The Morgan fingerprint density at radius 1 is 1.12 bits per heavy atom. The Morgan fingerprint density at radius 3 is 2.40 bits per heavy atom. The number of benzene rings is 2. The van der Waals surface area contributed by atoms with Gasteiger partial charge in [0.15, 0.2) is 6.61 Å². The SMILES string of the molecule is CCOC(=O)c1ccccc1NC(=O)COc1cc(C)c(Br)c(C)c1. The van der Waals surface area contributed by atoms with Crippen LogP contribution in [0, 0.1) is 13.8 Å². The average molecular weight is 406 g/mol. The van der Waals surface area contributed by atoms with Crippen LogP contribution in [0.25, 0.3) is 0 Å². The van der Waals surface area contributed by atoms with Crippen LogP contribution in [-0.4, -0.2) is 25.1 Å². The standard InChI is InChI=1S/C19H20BrNO4/c1-4-24-19(23)15-7-5-6-8-16(15)21-17(22)11-25-14-9-12(2)18(20)13(3)10-14/h5-10H,4,11H2,1-3H3,(H,21,22). The Labute approximate surface area is 155 Å². The van der Waals surface area contributed by atoms with E-state index < -0.39 is 5.97 Å². The number of rotatable bonds is 6. The number of carbonyl (C=O) groups excluding carboxylic acids is 2. The van der Waals surface area contributed by atoms with Gasteiger partial charge in [-0.1, -0.05) is 28.1 Å². The summed E-state index contributed by atoms with van der Waals surface area (Å²) in [5.41, 5.74) is 2.77. The van der Waals surface area contributed by atoms with Crippen LogP contribution >= 0.6 is 15.9 Å². The summed E-state index contributed by atoms with van der Waals surface area (Å²) in [5, 5.41) is 2.69. The molecule has 0 radical (unpaired) electrons. The molecule has 0 aliphatic heterocycles. The fourth-order valence-electron chi connectivity index (χ4n) is 2.30. The maximum atomic E-state index is 12.2. The molecule has 25 heavy (non-hydrogen) atoms. The Morgan fingerprint density at radius 2 is 1.76 bits per heavy atom. The summed E-state index contributed by atoms with van der Waals surface area (Å²) in [6.45, 7) is 5.76. The molecule has 5 nitrogen and oxygen atoms in total. The quantitative estimate of drug-likeness (QED) is 0.729. The van der Waals surface area contributed by atoms with E-state index in [4.69, 9.17) is 9.47 Å². The van der Waals surface area contributed by atoms with Crippen molar-refractivity contribution in [2.45, 2.75) is 20.8 Å².